The molecular weight excluding hydrogens is 658 g/mol. The van der Waals surface area contributed by atoms with Gasteiger partial charge in [-0.05, 0) is 69.3 Å². The number of carbonyl (C=O) groups excluding carboxylic acids is 1. The third kappa shape index (κ3) is 7.70. The average molecular weight is 708 g/mol. The van der Waals surface area contributed by atoms with Crippen molar-refractivity contribution < 1.29 is 19.0 Å². The van der Waals surface area contributed by atoms with E-state index >= 15 is 0 Å². The largest absolute Gasteiger partial charge is 0.492 e. The lowest BCUT2D eigenvalue weighted by molar-refractivity contribution is 0.0980. The van der Waals surface area contributed by atoms with Gasteiger partial charge in [0.2, 0.25) is 5.95 Å². The van der Waals surface area contributed by atoms with Gasteiger partial charge in [-0.1, -0.05) is 51.1 Å². The second-order valence-electron chi connectivity index (χ2n) is 14.9. The summed E-state index contributed by atoms with van der Waals surface area (Å²) in [6.45, 7) is 11.9. The maximum Gasteiger partial charge on any atom is 0.320 e. The molecule has 0 bridgehead atoms. The summed E-state index contributed by atoms with van der Waals surface area (Å²) in [4.78, 5) is 18.0. The predicted octanol–water partition coefficient (Wildman–Crippen LogP) is 6.15. The fourth-order valence-corrected chi connectivity index (χ4v) is 6.73. The van der Waals surface area contributed by atoms with Crippen LogP contribution in [0.4, 0.5) is 16.6 Å². The first-order valence-electron chi connectivity index (χ1n) is 18.0. The SMILES string of the molecule is CC1COCCN1c1nnc2ccc(O[C@@H]3CC[C@H](NC(=O)Nc4cc(C(C)(C)C)nn4-c4cccc(OCCN(C)C)c4)c4ccccc43)cn12. The number of urea groups is 1. The van der Waals surface area contributed by atoms with Crippen LogP contribution in [0.1, 0.15) is 69.5 Å². The van der Waals surface area contributed by atoms with Crippen LogP contribution in [0.5, 0.6) is 11.5 Å². The minimum Gasteiger partial charge on any atom is -0.492 e. The smallest absolute Gasteiger partial charge is 0.320 e. The Morgan fingerprint density at radius 3 is 2.62 bits per heavy atom. The van der Waals surface area contributed by atoms with Gasteiger partial charge in [-0.25, -0.2) is 9.48 Å². The molecule has 7 rings (SSSR count). The number of nitrogens with one attached hydrogen (secondary N) is 2. The fourth-order valence-electron chi connectivity index (χ4n) is 6.73. The normalized spacial score (nSPS) is 19.1. The van der Waals surface area contributed by atoms with E-state index in [4.69, 9.17) is 19.3 Å². The van der Waals surface area contributed by atoms with E-state index in [1.54, 1.807) is 4.68 Å². The van der Waals surface area contributed by atoms with Crippen molar-refractivity contribution in [2.45, 2.75) is 64.1 Å². The molecule has 5 aromatic rings. The summed E-state index contributed by atoms with van der Waals surface area (Å²) in [5, 5.41) is 20.1. The Morgan fingerprint density at radius 1 is 1.00 bits per heavy atom. The summed E-state index contributed by atoms with van der Waals surface area (Å²) in [6, 6.07) is 21.5. The number of benzene rings is 2. The van der Waals surface area contributed by atoms with Crippen molar-refractivity contribution in [2.75, 3.05) is 57.2 Å². The second kappa shape index (κ2) is 14.8. The zero-order valence-corrected chi connectivity index (χ0v) is 30.9. The monoisotopic (exact) mass is 707 g/mol. The van der Waals surface area contributed by atoms with Crippen LogP contribution in [-0.2, 0) is 10.2 Å². The number of anilines is 2. The topological polar surface area (TPSA) is 123 Å². The molecule has 2 aliphatic rings. The number of rotatable bonds is 10. The van der Waals surface area contributed by atoms with Crippen LogP contribution < -0.4 is 25.0 Å². The Hall–Kier alpha value is -5.14. The van der Waals surface area contributed by atoms with E-state index in [0.717, 1.165) is 65.1 Å². The van der Waals surface area contributed by atoms with Crippen molar-refractivity contribution in [1.29, 1.82) is 0 Å². The van der Waals surface area contributed by atoms with Crippen molar-refractivity contribution in [3.63, 3.8) is 0 Å². The number of ether oxygens (including phenoxy) is 3. The molecular formula is C39H49N9O4. The highest BCUT2D eigenvalue weighted by Crippen LogP contribution is 2.39. The van der Waals surface area contributed by atoms with Crippen LogP contribution in [-0.4, -0.2) is 88.4 Å². The first kappa shape index (κ1) is 35.3. The van der Waals surface area contributed by atoms with Crippen molar-refractivity contribution in [2.24, 2.45) is 0 Å². The molecule has 0 saturated carbocycles. The van der Waals surface area contributed by atoms with Gasteiger partial charge < -0.3 is 29.3 Å². The Labute approximate surface area is 304 Å². The van der Waals surface area contributed by atoms with Crippen LogP contribution in [0, 0.1) is 0 Å². The van der Waals surface area contributed by atoms with Crippen molar-refractivity contribution in [3.05, 3.63) is 89.7 Å². The summed E-state index contributed by atoms with van der Waals surface area (Å²) >= 11 is 0. The highest BCUT2D eigenvalue weighted by Gasteiger charge is 2.31. The number of carbonyl (C=O) groups is 1. The molecule has 2 aromatic carbocycles. The molecule has 2 amide bonds. The van der Waals surface area contributed by atoms with Gasteiger partial charge in [-0.3, -0.25) is 9.72 Å². The van der Waals surface area contributed by atoms with Crippen LogP contribution in [0.25, 0.3) is 11.3 Å². The molecule has 1 unspecified atom stereocenters. The number of hydrogen-bond acceptors (Lipinski definition) is 9. The Bertz CT molecular complexity index is 2020. The highest BCUT2D eigenvalue weighted by molar-refractivity contribution is 5.89. The van der Waals surface area contributed by atoms with Crippen molar-refractivity contribution >= 4 is 23.4 Å². The maximum atomic E-state index is 13.7. The third-order valence-electron chi connectivity index (χ3n) is 9.59. The second-order valence-corrected chi connectivity index (χ2v) is 14.9. The summed E-state index contributed by atoms with van der Waals surface area (Å²) in [6.07, 6.45) is 3.22. The molecule has 0 spiro atoms. The van der Waals surface area contributed by atoms with Gasteiger partial charge >= 0.3 is 6.03 Å². The molecule has 1 aliphatic heterocycles. The molecule has 1 aliphatic carbocycles. The number of nitrogens with zero attached hydrogens (tertiary/aromatic N) is 7. The van der Waals surface area contributed by atoms with Gasteiger partial charge in [0.1, 0.15) is 30.0 Å². The molecule has 13 heteroatoms. The average Bonchev–Trinajstić information content (AvgIpc) is 3.74. The van der Waals surface area contributed by atoms with E-state index in [1.807, 2.05) is 79.3 Å². The molecule has 1 fully saturated rings. The molecule has 52 heavy (non-hydrogen) atoms. The Morgan fingerprint density at radius 2 is 1.83 bits per heavy atom. The lowest BCUT2D eigenvalue weighted by atomic mass is 9.85. The number of hydrogen-bond donors (Lipinski definition) is 2. The predicted molar refractivity (Wildman–Crippen MR) is 201 cm³/mol. The van der Waals surface area contributed by atoms with Gasteiger partial charge in [0.15, 0.2) is 5.65 Å². The van der Waals surface area contributed by atoms with Gasteiger partial charge in [-0.15, -0.1) is 10.2 Å². The van der Waals surface area contributed by atoms with Gasteiger partial charge in [0.05, 0.1) is 42.9 Å². The van der Waals surface area contributed by atoms with Crippen molar-refractivity contribution in [3.8, 4) is 17.2 Å². The summed E-state index contributed by atoms with van der Waals surface area (Å²) < 4.78 is 22.0. The molecule has 3 atom stereocenters. The van der Waals surface area contributed by atoms with E-state index in [2.05, 4.69) is 70.5 Å². The summed E-state index contributed by atoms with van der Waals surface area (Å²) in [7, 11) is 4.03. The minimum absolute atomic E-state index is 0.181. The molecule has 1 saturated heterocycles. The van der Waals surface area contributed by atoms with E-state index in [1.165, 1.54) is 0 Å². The molecule has 274 valence electrons. The third-order valence-corrected chi connectivity index (χ3v) is 9.59. The van der Waals surface area contributed by atoms with Gasteiger partial charge in [0, 0.05) is 30.6 Å². The van der Waals surface area contributed by atoms with Gasteiger partial charge in [-0.2, -0.15) is 5.10 Å². The molecule has 13 nitrogen and oxygen atoms in total. The number of fused-ring (bicyclic) bond motifs is 2. The van der Waals surface area contributed by atoms with E-state index < -0.39 is 0 Å². The van der Waals surface area contributed by atoms with Crippen LogP contribution in [0.3, 0.4) is 0 Å². The van der Waals surface area contributed by atoms with E-state index in [0.29, 0.717) is 32.1 Å². The fraction of sp³-hybridized carbons (Fsp3) is 0.436. The van der Waals surface area contributed by atoms with Crippen LogP contribution in [0.15, 0.2) is 72.9 Å². The lowest BCUT2D eigenvalue weighted by Gasteiger charge is -2.33. The first-order valence-corrected chi connectivity index (χ1v) is 18.0. The Balaban J connectivity index is 1.07. The van der Waals surface area contributed by atoms with E-state index in [-0.39, 0.29) is 29.6 Å². The molecule has 3 aromatic heterocycles. The maximum absolute atomic E-state index is 13.7. The summed E-state index contributed by atoms with van der Waals surface area (Å²) in [5.74, 6) is 2.83. The molecule has 4 heterocycles. The zero-order valence-electron chi connectivity index (χ0n) is 30.9. The number of likely N-dealkylation sites (N-methyl/N-ethyl adjacent to an activating group) is 1. The number of pyridine rings is 1. The van der Waals surface area contributed by atoms with Crippen LogP contribution in [0.2, 0.25) is 0 Å². The lowest BCUT2D eigenvalue weighted by Crippen LogP contribution is -2.44. The number of aromatic nitrogens is 5. The minimum atomic E-state index is -0.304. The Kier molecular flexibility index (Phi) is 10.1. The number of morpholine rings is 1. The van der Waals surface area contributed by atoms with Gasteiger partial charge in [0.25, 0.3) is 0 Å². The number of amides is 2. The zero-order chi connectivity index (χ0) is 36.4. The van der Waals surface area contributed by atoms with Crippen molar-refractivity contribution in [1.82, 2.24) is 34.6 Å². The first-order chi connectivity index (χ1) is 25.0. The molecule has 0 radical (unpaired) electrons. The molecule has 2 N–H and O–H groups in total. The quantitative estimate of drug-likeness (QED) is 0.176. The standard InChI is InChI=1S/C39H49N9O4/c1-26-25-50-20-19-46(26)38-43-42-35-17-14-29(24-47(35)38)52-33-16-15-32(30-12-7-8-13-31(30)33)40-37(49)41-36-23-34(39(2,3)4)44-48(36)27-10-9-11-28(22-27)51-21-18-45(5)6/h7-14,17,22-24,26,32-33H,15-16,18-21,25H2,1-6H3,(H2,40,41,49)/t26?,32-,33+/m0/s1. The summed E-state index contributed by atoms with van der Waals surface area (Å²) in [5.41, 5.74) is 4.28. The highest BCUT2D eigenvalue weighted by atomic mass is 16.5. The van der Waals surface area contributed by atoms with E-state index in [9.17, 15) is 4.79 Å². The van der Waals surface area contributed by atoms with Crippen LogP contribution >= 0.6 is 0 Å².